The van der Waals surface area contributed by atoms with E-state index in [4.69, 9.17) is 0 Å². The van der Waals surface area contributed by atoms with Gasteiger partial charge >= 0.3 is 12.3 Å². The topological polar surface area (TPSA) is 0 Å². The molecule has 8 heteroatoms. The van der Waals surface area contributed by atoms with Crippen molar-refractivity contribution in [1.82, 2.24) is 0 Å². The number of rotatable bonds is 3. The zero-order valence-corrected chi connectivity index (χ0v) is 6.96. The van der Waals surface area contributed by atoms with Crippen molar-refractivity contribution in [2.24, 2.45) is 0 Å². The minimum Gasteiger partial charge on any atom is -0.248 e. The van der Waals surface area contributed by atoms with Crippen molar-refractivity contribution >= 4 is 0 Å². The molecule has 0 aliphatic rings. The molecule has 0 heterocycles. The van der Waals surface area contributed by atoms with Crippen LogP contribution in [0.1, 0.15) is 6.92 Å². The second kappa shape index (κ2) is 6.83. The zero-order chi connectivity index (χ0) is 11.9. The lowest BCUT2D eigenvalue weighted by molar-refractivity contribution is -0.113. The Balaban J connectivity index is 0. The van der Waals surface area contributed by atoms with Gasteiger partial charge in [-0.3, -0.25) is 0 Å². The van der Waals surface area contributed by atoms with Gasteiger partial charge < -0.3 is 0 Å². The van der Waals surface area contributed by atoms with Gasteiger partial charge in [0.25, 0.3) is 6.43 Å². The molecule has 0 amide bonds. The third kappa shape index (κ3) is 9.53. The SMILES string of the molecule is CC(F)(F)C(F)F.FCC(F)C(F)F. The molecule has 0 spiro atoms. The van der Waals surface area contributed by atoms with Crippen LogP contribution in [0.3, 0.4) is 0 Å². The van der Waals surface area contributed by atoms with Gasteiger partial charge in [-0.05, 0) is 0 Å². The molecule has 0 bridgehead atoms. The molecule has 0 radical (unpaired) electrons. The van der Waals surface area contributed by atoms with Crippen molar-refractivity contribution < 1.29 is 35.1 Å². The van der Waals surface area contributed by atoms with Crippen LogP contribution >= 0.6 is 0 Å². The molecule has 0 aromatic rings. The van der Waals surface area contributed by atoms with Crippen LogP contribution in [0.5, 0.6) is 0 Å². The Hall–Kier alpha value is -0.560. The van der Waals surface area contributed by atoms with E-state index in [2.05, 4.69) is 0 Å². The molecule has 0 aromatic heterocycles. The normalized spacial score (nSPS) is 13.9. The van der Waals surface area contributed by atoms with Gasteiger partial charge in [0.2, 0.25) is 0 Å². The third-order valence-electron chi connectivity index (χ3n) is 0.804. The molecule has 0 aliphatic heterocycles. The first-order valence-electron chi connectivity index (χ1n) is 3.27. The van der Waals surface area contributed by atoms with Gasteiger partial charge in [-0.15, -0.1) is 0 Å². The highest BCUT2D eigenvalue weighted by molar-refractivity contribution is 4.58. The lowest BCUT2D eigenvalue weighted by atomic mass is 10.4. The van der Waals surface area contributed by atoms with Crippen molar-refractivity contribution in [1.29, 1.82) is 0 Å². The Labute approximate surface area is 74.9 Å². The van der Waals surface area contributed by atoms with E-state index in [9.17, 15) is 35.1 Å². The Morgan fingerprint density at radius 1 is 1.00 bits per heavy atom. The molecule has 0 aromatic carbocycles. The summed E-state index contributed by atoms with van der Waals surface area (Å²) in [6.45, 7) is -1.42. The van der Waals surface area contributed by atoms with Crippen LogP contribution in [0, 0.1) is 0 Å². The summed E-state index contributed by atoms with van der Waals surface area (Å²) in [6, 6.07) is 0. The molecule has 0 N–H and O–H groups in total. The third-order valence-corrected chi connectivity index (χ3v) is 0.804. The van der Waals surface area contributed by atoms with Crippen LogP contribution in [0.15, 0.2) is 0 Å². The summed E-state index contributed by atoms with van der Waals surface area (Å²) in [6.07, 6.45) is -9.31. The molecular formula is C6H8F8. The van der Waals surface area contributed by atoms with Crippen LogP contribution < -0.4 is 0 Å². The van der Waals surface area contributed by atoms with E-state index in [-0.39, 0.29) is 6.92 Å². The number of halogens is 8. The van der Waals surface area contributed by atoms with Gasteiger partial charge in [0.05, 0.1) is 0 Å². The molecule has 88 valence electrons. The zero-order valence-electron chi connectivity index (χ0n) is 6.96. The highest BCUT2D eigenvalue weighted by atomic mass is 19.3. The van der Waals surface area contributed by atoms with Gasteiger partial charge in [-0.1, -0.05) is 0 Å². The first-order chi connectivity index (χ1) is 6.12. The van der Waals surface area contributed by atoms with Crippen LogP contribution in [-0.2, 0) is 0 Å². The smallest absolute Gasteiger partial charge is 0.248 e. The van der Waals surface area contributed by atoms with Gasteiger partial charge in [0.1, 0.15) is 6.67 Å². The van der Waals surface area contributed by atoms with E-state index in [1.807, 2.05) is 0 Å². The fourth-order valence-electron chi connectivity index (χ4n) is 0.0673. The Morgan fingerprint density at radius 3 is 1.29 bits per heavy atom. The summed E-state index contributed by atoms with van der Waals surface area (Å²) >= 11 is 0. The minimum absolute atomic E-state index is 0.178. The van der Waals surface area contributed by atoms with Crippen LogP contribution in [0.2, 0.25) is 0 Å². The molecule has 0 nitrogen and oxygen atoms in total. The highest BCUT2D eigenvalue weighted by Crippen LogP contribution is 2.20. The molecule has 0 fully saturated rings. The standard InChI is InChI=1S/2C3H4F4/c1-3(6,7)2(4)5;4-1-2(5)3(6)7/h2H,1H3;2-3H,1H2. The summed E-state index contributed by atoms with van der Waals surface area (Å²) in [4.78, 5) is 0. The average molecular weight is 232 g/mol. The Morgan fingerprint density at radius 2 is 1.29 bits per heavy atom. The van der Waals surface area contributed by atoms with Gasteiger partial charge in [-0.25, -0.2) is 35.1 Å². The maximum Gasteiger partial charge on any atom is 0.304 e. The summed E-state index contributed by atoms with van der Waals surface area (Å²) < 4.78 is 87.3. The summed E-state index contributed by atoms with van der Waals surface area (Å²) in [5, 5.41) is 0. The monoisotopic (exact) mass is 232 g/mol. The fourth-order valence-corrected chi connectivity index (χ4v) is 0.0673. The van der Waals surface area contributed by atoms with Crippen molar-refractivity contribution in [2.45, 2.75) is 31.9 Å². The van der Waals surface area contributed by atoms with Crippen molar-refractivity contribution in [3.8, 4) is 0 Å². The maximum atomic E-state index is 11.1. The number of hydrogen-bond acceptors (Lipinski definition) is 0. The predicted octanol–water partition coefficient (Wildman–Crippen LogP) is 3.47. The lowest BCUT2D eigenvalue weighted by Crippen LogP contribution is -2.20. The molecule has 0 aliphatic carbocycles. The van der Waals surface area contributed by atoms with E-state index in [1.54, 1.807) is 0 Å². The largest absolute Gasteiger partial charge is 0.304 e. The van der Waals surface area contributed by atoms with Gasteiger partial charge in [0.15, 0.2) is 6.17 Å². The Bertz CT molecular complexity index is 128. The van der Waals surface area contributed by atoms with E-state index in [0.717, 1.165) is 0 Å². The van der Waals surface area contributed by atoms with Crippen molar-refractivity contribution in [2.75, 3.05) is 6.67 Å². The van der Waals surface area contributed by atoms with Crippen LogP contribution in [0.4, 0.5) is 35.1 Å². The van der Waals surface area contributed by atoms with E-state index < -0.39 is 31.6 Å². The molecule has 0 rings (SSSR count). The second-order valence-corrected chi connectivity index (χ2v) is 2.26. The molecule has 0 saturated heterocycles. The van der Waals surface area contributed by atoms with E-state index in [0.29, 0.717) is 0 Å². The van der Waals surface area contributed by atoms with Crippen LogP contribution in [0.25, 0.3) is 0 Å². The van der Waals surface area contributed by atoms with E-state index >= 15 is 0 Å². The first kappa shape index (κ1) is 15.9. The molecule has 0 saturated carbocycles. The highest BCUT2D eigenvalue weighted by Gasteiger charge is 2.33. The lowest BCUT2D eigenvalue weighted by Gasteiger charge is -2.05. The van der Waals surface area contributed by atoms with E-state index in [1.165, 1.54) is 0 Å². The van der Waals surface area contributed by atoms with Gasteiger partial charge in [0, 0.05) is 6.92 Å². The van der Waals surface area contributed by atoms with Crippen LogP contribution in [-0.4, -0.2) is 31.6 Å². The van der Waals surface area contributed by atoms with Crippen molar-refractivity contribution in [3.63, 3.8) is 0 Å². The quantitative estimate of drug-likeness (QED) is 0.653. The fraction of sp³-hybridized carbons (Fsp3) is 1.00. The predicted molar refractivity (Wildman–Crippen MR) is 33.5 cm³/mol. The molecule has 1 atom stereocenters. The van der Waals surface area contributed by atoms with Crippen molar-refractivity contribution in [3.05, 3.63) is 0 Å². The first-order valence-corrected chi connectivity index (χ1v) is 3.27. The average Bonchev–Trinajstić information content (AvgIpc) is 2.02. The summed E-state index contributed by atoms with van der Waals surface area (Å²) in [7, 11) is 0. The second-order valence-electron chi connectivity index (χ2n) is 2.26. The summed E-state index contributed by atoms with van der Waals surface area (Å²) in [5.41, 5.74) is 0. The maximum absolute atomic E-state index is 11.1. The molecule has 14 heavy (non-hydrogen) atoms. The van der Waals surface area contributed by atoms with Gasteiger partial charge in [-0.2, -0.15) is 0 Å². The Kier molecular flexibility index (Phi) is 7.75. The number of alkyl halides is 8. The number of hydrogen-bond donors (Lipinski definition) is 0. The molecule has 1 unspecified atom stereocenters. The minimum atomic E-state index is -3.83. The summed E-state index contributed by atoms with van der Waals surface area (Å²) in [5.74, 6) is -3.83. The molecular weight excluding hydrogens is 224 g/mol.